The summed E-state index contributed by atoms with van der Waals surface area (Å²) in [5.41, 5.74) is 0.867. The summed E-state index contributed by atoms with van der Waals surface area (Å²) in [5.74, 6) is 0.204. The molecule has 1 unspecified atom stereocenters. The summed E-state index contributed by atoms with van der Waals surface area (Å²) in [4.78, 5) is 29.6. The van der Waals surface area contributed by atoms with Gasteiger partial charge in [0.1, 0.15) is 5.69 Å². The van der Waals surface area contributed by atoms with Crippen molar-refractivity contribution in [3.05, 3.63) is 29.1 Å². The molecule has 22 heavy (non-hydrogen) atoms. The summed E-state index contributed by atoms with van der Waals surface area (Å²) in [6.45, 7) is 7.60. The molecule has 1 aromatic heterocycles. The molecule has 1 saturated heterocycles. The highest BCUT2D eigenvalue weighted by atomic mass is 16.4. The molecule has 0 aliphatic carbocycles. The van der Waals surface area contributed by atoms with Crippen molar-refractivity contribution in [2.24, 2.45) is 11.8 Å². The van der Waals surface area contributed by atoms with Gasteiger partial charge in [-0.15, -0.1) is 0 Å². The minimum atomic E-state index is -1.02. The van der Waals surface area contributed by atoms with Gasteiger partial charge in [0.15, 0.2) is 0 Å². The zero-order valence-corrected chi connectivity index (χ0v) is 13.5. The monoisotopic (exact) mass is 304 g/mol. The van der Waals surface area contributed by atoms with Crippen LogP contribution in [0.5, 0.6) is 0 Å². The first-order valence-corrected chi connectivity index (χ1v) is 7.90. The first-order valence-electron chi connectivity index (χ1n) is 7.90. The lowest BCUT2D eigenvalue weighted by Crippen LogP contribution is -2.33. The van der Waals surface area contributed by atoms with E-state index in [1.165, 1.54) is 12.1 Å². The number of nitrogens with zero attached hydrogens (tertiary/aromatic N) is 2. The Balaban J connectivity index is 2.11. The third-order valence-electron chi connectivity index (χ3n) is 4.54. The van der Waals surface area contributed by atoms with E-state index < -0.39 is 5.97 Å². The van der Waals surface area contributed by atoms with Crippen LogP contribution in [0.25, 0.3) is 0 Å². The fraction of sp³-hybridized carbons (Fsp3) is 0.588. The van der Waals surface area contributed by atoms with E-state index in [0.29, 0.717) is 23.2 Å². The van der Waals surface area contributed by atoms with Gasteiger partial charge < -0.3 is 10.0 Å². The van der Waals surface area contributed by atoms with Gasteiger partial charge in [-0.25, -0.2) is 9.78 Å². The molecular formula is C17H24N2O3. The predicted molar refractivity (Wildman–Crippen MR) is 84.0 cm³/mol. The number of hydrogen-bond donors (Lipinski definition) is 1. The largest absolute Gasteiger partial charge is 0.478 e. The van der Waals surface area contributed by atoms with E-state index in [9.17, 15) is 9.59 Å². The number of aryl methyl sites for hydroxylation is 1. The molecule has 1 fully saturated rings. The zero-order valence-electron chi connectivity index (χ0n) is 13.5. The van der Waals surface area contributed by atoms with Crippen LogP contribution in [0.2, 0.25) is 0 Å². The summed E-state index contributed by atoms with van der Waals surface area (Å²) in [7, 11) is 0. The Morgan fingerprint density at radius 3 is 2.59 bits per heavy atom. The molecule has 1 aliphatic rings. The molecule has 5 nitrogen and oxygen atoms in total. The van der Waals surface area contributed by atoms with Gasteiger partial charge in [0.2, 0.25) is 0 Å². The lowest BCUT2D eigenvalue weighted by Gasteiger charge is -2.21. The number of carboxylic acids is 1. The number of aromatic nitrogens is 1. The average molecular weight is 304 g/mol. The highest BCUT2D eigenvalue weighted by molar-refractivity contribution is 5.94. The van der Waals surface area contributed by atoms with Crippen molar-refractivity contribution in [1.29, 1.82) is 0 Å². The second-order valence-electron chi connectivity index (χ2n) is 6.36. The molecule has 5 heteroatoms. The number of amides is 1. The Kier molecular flexibility index (Phi) is 5.16. The Bertz CT molecular complexity index is 569. The van der Waals surface area contributed by atoms with Crippen LogP contribution in [0.15, 0.2) is 12.1 Å². The maximum Gasteiger partial charge on any atom is 0.337 e. The number of carbonyl (C=O) groups is 2. The maximum absolute atomic E-state index is 12.6. The predicted octanol–water partition coefficient (Wildman–Crippen LogP) is 2.99. The third kappa shape index (κ3) is 3.64. The van der Waals surface area contributed by atoms with E-state index >= 15 is 0 Å². The average Bonchev–Trinajstić information content (AvgIpc) is 2.71. The molecule has 0 spiro atoms. The van der Waals surface area contributed by atoms with E-state index in [1.54, 1.807) is 6.92 Å². The molecule has 2 rings (SSSR count). The number of carbonyl (C=O) groups excluding carboxylic acids is 1. The Morgan fingerprint density at radius 2 is 2.00 bits per heavy atom. The van der Waals surface area contributed by atoms with Crippen LogP contribution in [0.1, 0.15) is 59.7 Å². The van der Waals surface area contributed by atoms with E-state index in [2.05, 4.69) is 18.8 Å². The van der Waals surface area contributed by atoms with E-state index in [4.69, 9.17) is 5.11 Å². The Labute approximate surface area is 131 Å². The summed E-state index contributed by atoms with van der Waals surface area (Å²) in [6.07, 6.45) is 3.20. The third-order valence-corrected chi connectivity index (χ3v) is 4.54. The fourth-order valence-corrected chi connectivity index (χ4v) is 3.06. The molecule has 1 amide bonds. The molecule has 0 bridgehead atoms. The number of likely N-dealkylation sites (tertiary alicyclic amines) is 1. The maximum atomic E-state index is 12.6. The van der Waals surface area contributed by atoms with Crippen LogP contribution in [-0.2, 0) is 0 Å². The minimum Gasteiger partial charge on any atom is -0.478 e. The Hall–Kier alpha value is -1.91. The van der Waals surface area contributed by atoms with Gasteiger partial charge in [-0.2, -0.15) is 0 Å². The summed E-state index contributed by atoms with van der Waals surface area (Å²) < 4.78 is 0. The molecule has 120 valence electrons. The van der Waals surface area contributed by atoms with Crippen LogP contribution in [0.3, 0.4) is 0 Å². The van der Waals surface area contributed by atoms with Crippen molar-refractivity contribution in [3.63, 3.8) is 0 Å². The van der Waals surface area contributed by atoms with E-state index in [-0.39, 0.29) is 11.5 Å². The topological polar surface area (TPSA) is 70.5 Å². The molecule has 2 heterocycles. The van der Waals surface area contributed by atoms with Crippen molar-refractivity contribution >= 4 is 11.9 Å². The second kappa shape index (κ2) is 6.90. The fourth-order valence-electron chi connectivity index (χ4n) is 3.06. The lowest BCUT2D eigenvalue weighted by molar-refractivity contribution is 0.0691. The van der Waals surface area contributed by atoms with Gasteiger partial charge in [0.25, 0.3) is 5.91 Å². The quantitative estimate of drug-likeness (QED) is 0.932. The SMILES string of the molecule is Cc1nc(C(=O)N2CCCC(C(C)C)CC2)ccc1C(=O)O. The molecular weight excluding hydrogens is 280 g/mol. The number of pyridine rings is 1. The normalized spacial score (nSPS) is 19.1. The zero-order chi connectivity index (χ0) is 16.3. The highest BCUT2D eigenvalue weighted by Crippen LogP contribution is 2.25. The van der Waals surface area contributed by atoms with Gasteiger partial charge in [-0.3, -0.25) is 4.79 Å². The van der Waals surface area contributed by atoms with Crippen molar-refractivity contribution < 1.29 is 14.7 Å². The van der Waals surface area contributed by atoms with Gasteiger partial charge in [-0.05, 0) is 50.2 Å². The van der Waals surface area contributed by atoms with Gasteiger partial charge >= 0.3 is 5.97 Å². The van der Waals surface area contributed by atoms with E-state index in [0.717, 1.165) is 32.4 Å². The highest BCUT2D eigenvalue weighted by Gasteiger charge is 2.24. The molecule has 1 N–H and O–H groups in total. The molecule has 0 aromatic carbocycles. The summed E-state index contributed by atoms with van der Waals surface area (Å²) in [6, 6.07) is 2.98. The molecule has 1 aromatic rings. The molecule has 0 saturated carbocycles. The standard InChI is InChI=1S/C17H24N2O3/c1-11(2)13-5-4-9-19(10-8-13)16(20)15-7-6-14(17(21)22)12(3)18-15/h6-7,11,13H,4-5,8-10H2,1-3H3,(H,21,22). The number of aromatic carboxylic acids is 1. The van der Waals surface area contributed by atoms with Crippen molar-refractivity contribution in [2.45, 2.75) is 40.0 Å². The first-order chi connectivity index (χ1) is 10.4. The number of rotatable bonds is 3. The molecule has 1 atom stereocenters. The molecule has 0 radical (unpaired) electrons. The second-order valence-corrected chi connectivity index (χ2v) is 6.36. The minimum absolute atomic E-state index is 0.0931. The summed E-state index contributed by atoms with van der Waals surface area (Å²) >= 11 is 0. The van der Waals surface area contributed by atoms with Crippen LogP contribution in [-0.4, -0.2) is 40.0 Å². The lowest BCUT2D eigenvalue weighted by atomic mass is 9.89. The van der Waals surface area contributed by atoms with Crippen LogP contribution in [0.4, 0.5) is 0 Å². The van der Waals surface area contributed by atoms with Crippen LogP contribution < -0.4 is 0 Å². The summed E-state index contributed by atoms with van der Waals surface area (Å²) in [5, 5.41) is 9.03. The first kappa shape index (κ1) is 16.5. The van der Waals surface area contributed by atoms with Gasteiger partial charge in [0, 0.05) is 13.1 Å². The number of hydrogen-bond acceptors (Lipinski definition) is 3. The van der Waals surface area contributed by atoms with Crippen molar-refractivity contribution in [2.75, 3.05) is 13.1 Å². The van der Waals surface area contributed by atoms with Crippen LogP contribution >= 0.6 is 0 Å². The van der Waals surface area contributed by atoms with Crippen LogP contribution in [0, 0.1) is 18.8 Å². The number of carboxylic acid groups (broad SMARTS) is 1. The Morgan fingerprint density at radius 1 is 1.27 bits per heavy atom. The van der Waals surface area contributed by atoms with Crippen molar-refractivity contribution in [3.8, 4) is 0 Å². The van der Waals surface area contributed by atoms with E-state index in [1.807, 2.05) is 4.90 Å². The smallest absolute Gasteiger partial charge is 0.337 e. The van der Waals surface area contributed by atoms with Gasteiger partial charge in [-0.1, -0.05) is 13.8 Å². The molecule has 1 aliphatic heterocycles. The van der Waals surface area contributed by atoms with Crippen molar-refractivity contribution in [1.82, 2.24) is 9.88 Å². The van der Waals surface area contributed by atoms with Gasteiger partial charge in [0.05, 0.1) is 11.3 Å².